The molecular formula is C17H22N4O2. The smallest absolute Gasteiger partial charge is 0.298 e. The van der Waals surface area contributed by atoms with E-state index >= 15 is 0 Å². The number of rotatable bonds is 4. The number of aliphatic hydroxyl groups is 1. The van der Waals surface area contributed by atoms with Gasteiger partial charge in [0, 0.05) is 42.8 Å². The molecule has 0 bridgehead atoms. The van der Waals surface area contributed by atoms with E-state index in [-0.39, 0.29) is 24.6 Å². The molecule has 2 heterocycles. The maximum absolute atomic E-state index is 12.6. The van der Waals surface area contributed by atoms with E-state index in [0.29, 0.717) is 25.1 Å². The number of hydrogen-bond donors (Lipinski definition) is 2. The fraction of sp³-hybridized carbons (Fsp3) is 0.471. The van der Waals surface area contributed by atoms with Gasteiger partial charge in [0.2, 0.25) is 0 Å². The van der Waals surface area contributed by atoms with E-state index in [0.717, 1.165) is 16.6 Å². The average molecular weight is 314 g/mol. The first-order valence-corrected chi connectivity index (χ1v) is 8.02. The van der Waals surface area contributed by atoms with E-state index in [1.807, 2.05) is 42.8 Å². The van der Waals surface area contributed by atoms with Crippen molar-refractivity contribution in [3.05, 3.63) is 30.0 Å². The van der Waals surface area contributed by atoms with E-state index in [9.17, 15) is 4.79 Å². The first-order chi connectivity index (χ1) is 11.1. The van der Waals surface area contributed by atoms with Gasteiger partial charge in [0.25, 0.3) is 5.91 Å². The second kappa shape index (κ2) is 6.60. The quantitative estimate of drug-likeness (QED) is 0.904. The summed E-state index contributed by atoms with van der Waals surface area (Å²) in [6, 6.07) is 8.13. The number of hydrogen-bond acceptors (Lipinski definition) is 4. The van der Waals surface area contributed by atoms with Gasteiger partial charge in [0.1, 0.15) is 0 Å². The largest absolute Gasteiger partial charge is 0.396 e. The molecule has 0 unspecified atom stereocenters. The fourth-order valence-corrected chi connectivity index (χ4v) is 2.97. The lowest BCUT2D eigenvalue weighted by molar-refractivity contribution is 0.0998. The van der Waals surface area contributed by atoms with Crippen LogP contribution in [0.4, 0.5) is 0 Å². The Labute approximate surface area is 135 Å². The number of benzene rings is 1. The van der Waals surface area contributed by atoms with Gasteiger partial charge in [-0.2, -0.15) is 5.10 Å². The van der Waals surface area contributed by atoms with Crippen molar-refractivity contribution in [2.24, 2.45) is 4.99 Å². The SMILES string of the molecule is CC(C)n1nc(C(=O)N=C2CN[C@H](CCO)C2)c2ccccc21. The molecule has 23 heavy (non-hydrogen) atoms. The van der Waals surface area contributed by atoms with Crippen molar-refractivity contribution in [2.45, 2.75) is 38.8 Å². The van der Waals surface area contributed by atoms with Crippen molar-refractivity contribution in [2.75, 3.05) is 13.2 Å². The van der Waals surface area contributed by atoms with Crippen LogP contribution in [0.25, 0.3) is 10.9 Å². The van der Waals surface area contributed by atoms with Crippen LogP contribution in [0.5, 0.6) is 0 Å². The van der Waals surface area contributed by atoms with E-state index in [1.165, 1.54) is 0 Å². The van der Waals surface area contributed by atoms with E-state index in [1.54, 1.807) is 0 Å². The number of carbonyl (C=O) groups is 1. The first kappa shape index (κ1) is 15.8. The van der Waals surface area contributed by atoms with Crippen LogP contribution in [0.3, 0.4) is 0 Å². The Morgan fingerprint density at radius 3 is 3.00 bits per heavy atom. The summed E-state index contributed by atoms with van der Waals surface area (Å²) in [4.78, 5) is 16.8. The van der Waals surface area contributed by atoms with Gasteiger partial charge in [0.05, 0.1) is 5.52 Å². The first-order valence-electron chi connectivity index (χ1n) is 8.02. The van der Waals surface area contributed by atoms with Crippen LogP contribution < -0.4 is 5.32 Å². The maximum Gasteiger partial charge on any atom is 0.298 e. The maximum atomic E-state index is 12.6. The summed E-state index contributed by atoms with van der Waals surface area (Å²) in [5.41, 5.74) is 2.19. The van der Waals surface area contributed by atoms with Crippen LogP contribution >= 0.6 is 0 Å². The Balaban J connectivity index is 1.90. The molecule has 1 atom stereocenters. The molecule has 2 aromatic rings. The highest BCUT2D eigenvalue weighted by Gasteiger charge is 2.22. The molecule has 1 saturated heterocycles. The number of aliphatic hydroxyl groups excluding tert-OH is 1. The molecule has 1 amide bonds. The van der Waals surface area contributed by atoms with E-state index in [2.05, 4.69) is 15.4 Å². The number of fused-ring (bicyclic) bond motifs is 1. The highest BCUT2D eigenvalue weighted by atomic mass is 16.3. The lowest BCUT2D eigenvalue weighted by Crippen LogP contribution is -2.22. The van der Waals surface area contributed by atoms with E-state index in [4.69, 9.17) is 5.11 Å². The van der Waals surface area contributed by atoms with Gasteiger partial charge in [-0.25, -0.2) is 4.99 Å². The molecule has 0 saturated carbocycles. The summed E-state index contributed by atoms with van der Waals surface area (Å²) in [6.07, 6.45) is 1.38. The predicted octanol–water partition coefficient (Wildman–Crippen LogP) is 1.94. The number of amides is 1. The van der Waals surface area contributed by atoms with Crippen LogP contribution in [-0.4, -0.2) is 45.7 Å². The van der Waals surface area contributed by atoms with Crippen LogP contribution in [0.2, 0.25) is 0 Å². The topological polar surface area (TPSA) is 79.5 Å². The summed E-state index contributed by atoms with van der Waals surface area (Å²) in [5, 5.41) is 17.6. The Hall–Kier alpha value is -2.05. The van der Waals surface area contributed by atoms with Gasteiger partial charge in [0.15, 0.2) is 5.69 Å². The van der Waals surface area contributed by atoms with Crippen molar-refractivity contribution in [1.82, 2.24) is 15.1 Å². The van der Waals surface area contributed by atoms with Gasteiger partial charge in [-0.15, -0.1) is 0 Å². The van der Waals surface area contributed by atoms with Crippen molar-refractivity contribution >= 4 is 22.5 Å². The number of nitrogens with one attached hydrogen (secondary N) is 1. The van der Waals surface area contributed by atoms with Crippen molar-refractivity contribution in [1.29, 1.82) is 0 Å². The zero-order valence-corrected chi connectivity index (χ0v) is 13.5. The molecule has 1 aliphatic rings. The van der Waals surface area contributed by atoms with Gasteiger partial charge >= 0.3 is 0 Å². The summed E-state index contributed by atoms with van der Waals surface area (Å²) >= 11 is 0. The monoisotopic (exact) mass is 314 g/mol. The number of aromatic nitrogens is 2. The highest BCUT2D eigenvalue weighted by Crippen LogP contribution is 2.22. The predicted molar refractivity (Wildman–Crippen MR) is 90.0 cm³/mol. The van der Waals surface area contributed by atoms with Crippen LogP contribution in [-0.2, 0) is 0 Å². The van der Waals surface area contributed by atoms with Crippen LogP contribution in [0.15, 0.2) is 29.3 Å². The zero-order chi connectivity index (χ0) is 16.4. The van der Waals surface area contributed by atoms with Crippen molar-refractivity contribution < 1.29 is 9.90 Å². The second-order valence-corrected chi connectivity index (χ2v) is 6.18. The molecule has 1 aromatic carbocycles. The van der Waals surface area contributed by atoms with Crippen molar-refractivity contribution in [3.8, 4) is 0 Å². The number of aliphatic imine (C=N–C) groups is 1. The number of nitrogens with zero attached hydrogens (tertiary/aromatic N) is 3. The average Bonchev–Trinajstić information content (AvgIpc) is 3.12. The molecule has 3 rings (SSSR count). The number of carbonyl (C=O) groups excluding carboxylic acids is 1. The second-order valence-electron chi connectivity index (χ2n) is 6.18. The minimum absolute atomic E-state index is 0.141. The van der Waals surface area contributed by atoms with Crippen molar-refractivity contribution in [3.63, 3.8) is 0 Å². The van der Waals surface area contributed by atoms with Crippen LogP contribution in [0, 0.1) is 0 Å². The van der Waals surface area contributed by atoms with E-state index < -0.39 is 0 Å². The van der Waals surface area contributed by atoms with Gasteiger partial charge in [-0.3, -0.25) is 9.48 Å². The lowest BCUT2D eigenvalue weighted by Gasteiger charge is -2.05. The molecule has 6 nitrogen and oxygen atoms in total. The summed E-state index contributed by atoms with van der Waals surface area (Å²) < 4.78 is 1.87. The molecule has 122 valence electrons. The van der Waals surface area contributed by atoms with Gasteiger partial charge < -0.3 is 10.4 Å². The normalized spacial score (nSPS) is 20.0. The summed E-state index contributed by atoms with van der Waals surface area (Å²) in [7, 11) is 0. The minimum atomic E-state index is -0.290. The zero-order valence-electron chi connectivity index (χ0n) is 13.5. The standard InChI is InChI=1S/C17H22N4O2/c1-11(2)21-15-6-4-3-5-14(15)16(20-21)17(23)19-13-9-12(7-8-22)18-10-13/h3-6,11-12,18,22H,7-10H2,1-2H3/t12-/m1/s1. The Kier molecular flexibility index (Phi) is 4.54. The Morgan fingerprint density at radius 1 is 1.48 bits per heavy atom. The van der Waals surface area contributed by atoms with Gasteiger partial charge in [-0.1, -0.05) is 18.2 Å². The molecule has 1 aromatic heterocycles. The highest BCUT2D eigenvalue weighted by molar-refractivity contribution is 6.10. The third kappa shape index (κ3) is 3.18. The lowest BCUT2D eigenvalue weighted by atomic mass is 10.1. The molecule has 1 fully saturated rings. The third-order valence-corrected chi connectivity index (χ3v) is 4.12. The molecule has 1 aliphatic heterocycles. The summed E-state index contributed by atoms with van der Waals surface area (Å²) in [6.45, 7) is 4.82. The molecule has 0 spiro atoms. The van der Waals surface area contributed by atoms with Gasteiger partial charge in [-0.05, 0) is 26.3 Å². The molecule has 0 aliphatic carbocycles. The summed E-state index contributed by atoms with van der Waals surface area (Å²) in [5.74, 6) is -0.290. The molecular weight excluding hydrogens is 292 g/mol. The molecule has 6 heteroatoms. The van der Waals surface area contributed by atoms with Crippen LogP contribution in [0.1, 0.15) is 43.2 Å². The Morgan fingerprint density at radius 2 is 2.26 bits per heavy atom. The molecule has 2 N–H and O–H groups in total. The fourth-order valence-electron chi connectivity index (χ4n) is 2.97. The molecule has 0 radical (unpaired) electrons. The minimum Gasteiger partial charge on any atom is -0.396 e. The third-order valence-electron chi connectivity index (χ3n) is 4.12. The Bertz CT molecular complexity index is 748. The number of para-hydroxylation sites is 1.